The van der Waals surface area contributed by atoms with Crippen LogP contribution in [0.4, 0.5) is 18.9 Å². The summed E-state index contributed by atoms with van der Waals surface area (Å²) in [7, 11) is 0. The van der Waals surface area contributed by atoms with Crippen LogP contribution in [0, 0.1) is 10.1 Å². The van der Waals surface area contributed by atoms with E-state index in [4.69, 9.17) is 5.11 Å². The van der Waals surface area contributed by atoms with Crippen molar-refractivity contribution in [3.8, 4) is 0 Å². The van der Waals surface area contributed by atoms with Crippen molar-refractivity contribution in [3.05, 3.63) is 22.5 Å². The van der Waals surface area contributed by atoms with Gasteiger partial charge in [0.25, 0.3) is 0 Å². The minimum atomic E-state index is -4.85. The number of carbonyl (C=O) groups is 1. The van der Waals surface area contributed by atoms with Crippen molar-refractivity contribution in [3.63, 3.8) is 0 Å². The molecule has 0 saturated carbocycles. The maximum atomic E-state index is 12.5. The Balaban J connectivity index is 3.04. The van der Waals surface area contributed by atoms with Gasteiger partial charge in [-0.3, -0.25) is 19.6 Å². The normalized spacial score (nSPS) is 13.4. The molecule has 0 amide bonds. The molecule has 0 bridgehead atoms. The standard InChI is InChI=1S/C7H6F3N3O4/c8-7(9,10)5(1-6(14)15)12-3-4(2-11-12)13(16)17/h2-3,5H,1H2,(H,14,15). The molecule has 7 nitrogen and oxygen atoms in total. The molecule has 0 fully saturated rings. The number of halogens is 3. The van der Waals surface area contributed by atoms with E-state index >= 15 is 0 Å². The minimum absolute atomic E-state index is 0.228. The first-order valence-corrected chi connectivity index (χ1v) is 4.19. The molecule has 1 N–H and O–H groups in total. The molecule has 1 aromatic rings. The lowest BCUT2D eigenvalue weighted by Crippen LogP contribution is -2.29. The number of carboxylic acids is 1. The molecule has 10 heteroatoms. The fraction of sp³-hybridized carbons (Fsp3) is 0.429. The van der Waals surface area contributed by atoms with Gasteiger partial charge >= 0.3 is 17.8 Å². The van der Waals surface area contributed by atoms with Gasteiger partial charge in [0, 0.05) is 0 Å². The Kier molecular flexibility index (Phi) is 3.34. The summed E-state index contributed by atoms with van der Waals surface area (Å²) in [6.07, 6.45) is -4.93. The van der Waals surface area contributed by atoms with Crippen molar-refractivity contribution in [2.45, 2.75) is 18.6 Å². The molecule has 0 aliphatic rings. The molecule has 94 valence electrons. The van der Waals surface area contributed by atoms with E-state index in [0.717, 1.165) is 0 Å². The number of aliphatic carboxylic acids is 1. The predicted molar refractivity (Wildman–Crippen MR) is 46.2 cm³/mol. The Bertz CT molecular complexity index is 442. The van der Waals surface area contributed by atoms with E-state index < -0.39 is 35.2 Å². The van der Waals surface area contributed by atoms with Crippen LogP contribution in [0.25, 0.3) is 0 Å². The molecule has 1 aromatic heterocycles. The average molecular weight is 253 g/mol. The molecule has 0 spiro atoms. The van der Waals surface area contributed by atoms with Crippen molar-refractivity contribution >= 4 is 11.7 Å². The highest BCUT2D eigenvalue weighted by atomic mass is 19.4. The summed E-state index contributed by atoms with van der Waals surface area (Å²) < 4.78 is 37.7. The van der Waals surface area contributed by atoms with Gasteiger partial charge in [-0.05, 0) is 0 Å². The number of alkyl halides is 3. The molecule has 17 heavy (non-hydrogen) atoms. The number of hydrogen-bond acceptors (Lipinski definition) is 4. The summed E-state index contributed by atoms with van der Waals surface area (Å²) in [4.78, 5) is 19.6. The van der Waals surface area contributed by atoms with Crippen LogP contribution in [0.3, 0.4) is 0 Å². The van der Waals surface area contributed by atoms with Gasteiger partial charge in [0.1, 0.15) is 12.4 Å². The van der Waals surface area contributed by atoms with Gasteiger partial charge in [0.05, 0.1) is 11.3 Å². The third-order valence-corrected chi connectivity index (χ3v) is 1.86. The van der Waals surface area contributed by atoms with Gasteiger partial charge in [-0.25, -0.2) is 0 Å². The first kappa shape index (κ1) is 12.9. The van der Waals surface area contributed by atoms with Crippen LogP contribution in [0.15, 0.2) is 12.4 Å². The summed E-state index contributed by atoms with van der Waals surface area (Å²) in [5.74, 6) is -1.68. The second kappa shape index (κ2) is 4.39. The van der Waals surface area contributed by atoms with Crippen LogP contribution in [0.1, 0.15) is 12.5 Å². The quantitative estimate of drug-likeness (QED) is 0.645. The molecule has 0 aliphatic carbocycles. The Morgan fingerprint density at radius 2 is 2.24 bits per heavy atom. The van der Waals surface area contributed by atoms with Crippen molar-refractivity contribution in [2.75, 3.05) is 0 Å². The molecular weight excluding hydrogens is 247 g/mol. The van der Waals surface area contributed by atoms with Gasteiger partial charge < -0.3 is 5.11 Å². The number of carboxylic acid groups (broad SMARTS) is 1. The van der Waals surface area contributed by atoms with E-state index in [0.29, 0.717) is 12.4 Å². The lowest BCUT2D eigenvalue weighted by Gasteiger charge is -2.18. The smallest absolute Gasteiger partial charge is 0.411 e. The zero-order valence-corrected chi connectivity index (χ0v) is 8.09. The van der Waals surface area contributed by atoms with Crippen LogP contribution in [0.5, 0.6) is 0 Å². The van der Waals surface area contributed by atoms with E-state index in [1.54, 1.807) is 0 Å². The molecule has 1 atom stereocenters. The van der Waals surface area contributed by atoms with E-state index in [1.807, 2.05) is 0 Å². The summed E-state index contributed by atoms with van der Waals surface area (Å²) in [5.41, 5.74) is -0.635. The predicted octanol–water partition coefficient (Wildman–Crippen LogP) is 1.37. The SMILES string of the molecule is O=C(O)CC(n1cc([N+](=O)[O-])cn1)C(F)(F)F. The highest BCUT2D eigenvalue weighted by molar-refractivity contribution is 5.67. The van der Waals surface area contributed by atoms with Crippen molar-refractivity contribution in [2.24, 2.45) is 0 Å². The van der Waals surface area contributed by atoms with E-state index in [1.165, 1.54) is 0 Å². The monoisotopic (exact) mass is 253 g/mol. The number of aromatic nitrogens is 2. The average Bonchev–Trinajstić information content (AvgIpc) is 2.60. The molecule has 0 aromatic carbocycles. The van der Waals surface area contributed by atoms with Gasteiger partial charge in [-0.15, -0.1) is 0 Å². The van der Waals surface area contributed by atoms with Gasteiger partial charge in [0.2, 0.25) is 0 Å². The number of nitrogens with zero attached hydrogens (tertiary/aromatic N) is 3. The van der Waals surface area contributed by atoms with Crippen molar-refractivity contribution in [1.82, 2.24) is 9.78 Å². The summed E-state index contributed by atoms with van der Waals surface area (Å²) in [6, 6.07) is -2.42. The maximum absolute atomic E-state index is 12.5. The van der Waals surface area contributed by atoms with E-state index in [9.17, 15) is 28.1 Å². The van der Waals surface area contributed by atoms with Gasteiger partial charge in [0.15, 0.2) is 6.04 Å². The summed E-state index contributed by atoms with van der Waals surface area (Å²) >= 11 is 0. The summed E-state index contributed by atoms with van der Waals surface area (Å²) in [5, 5.41) is 21.8. The van der Waals surface area contributed by atoms with Crippen molar-refractivity contribution in [1.29, 1.82) is 0 Å². The summed E-state index contributed by atoms with van der Waals surface area (Å²) in [6.45, 7) is 0. The van der Waals surface area contributed by atoms with Crippen LogP contribution >= 0.6 is 0 Å². The lowest BCUT2D eigenvalue weighted by molar-refractivity contribution is -0.385. The highest BCUT2D eigenvalue weighted by Gasteiger charge is 2.43. The first-order chi connectivity index (χ1) is 7.71. The number of nitro groups is 1. The Morgan fingerprint density at radius 1 is 1.65 bits per heavy atom. The lowest BCUT2D eigenvalue weighted by atomic mass is 10.2. The Hall–Kier alpha value is -2.13. The van der Waals surface area contributed by atoms with E-state index in [-0.39, 0.29) is 4.68 Å². The Labute approximate surface area is 91.6 Å². The first-order valence-electron chi connectivity index (χ1n) is 4.19. The largest absolute Gasteiger partial charge is 0.481 e. The van der Waals surface area contributed by atoms with Crippen LogP contribution in [-0.2, 0) is 4.79 Å². The Morgan fingerprint density at radius 3 is 2.59 bits per heavy atom. The second-order valence-corrected chi connectivity index (χ2v) is 3.09. The highest BCUT2D eigenvalue weighted by Crippen LogP contribution is 2.33. The molecule has 0 radical (unpaired) electrons. The van der Waals surface area contributed by atoms with E-state index in [2.05, 4.69) is 5.10 Å². The topological polar surface area (TPSA) is 98.3 Å². The fourth-order valence-corrected chi connectivity index (χ4v) is 1.12. The van der Waals surface area contributed by atoms with Gasteiger partial charge in [-0.2, -0.15) is 18.3 Å². The second-order valence-electron chi connectivity index (χ2n) is 3.09. The number of hydrogen-bond donors (Lipinski definition) is 1. The minimum Gasteiger partial charge on any atom is -0.481 e. The zero-order valence-electron chi connectivity index (χ0n) is 8.09. The van der Waals surface area contributed by atoms with Gasteiger partial charge in [-0.1, -0.05) is 0 Å². The van der Waals surface area contributed by atoms with Crippen LogP contribution < -0.4 is 0 Å². The molecule has 0 aliphatic heterocycles. The fourth-order valence-electron chi connectivity index (χ4n) is 1.12. The molecule has 1 heterocycles. The maximum Gasteiger partial charge on any atom is 0.411 e. The third-order valence-electron chi connectivity index (χ3n) is 1.86. The zero-order chi connectivity index (χ0) is 13.2. The van der Waals surface area contributed by atoms with Crippen LogP contribution in [-0.4, -0.2) is 32.0 Å². The third kappa shape index (κ3) is 3.16. The molecular formula is C7H6F3N3O4. The molecule has 0 saturated heterocycles. The number of rotatable bonds is 4. The van der Waals surface area contributed by atoms with Crippen LogP contribution in [0.2, 0.25) is 0 Å². The molecule has 1 unspecified atom stereocenters. The molecule has 1 rings (SSSR count). The van der Waals surface area contributed by atoms with Crippen molar-refractivity contribution < 1.29 is 28.0 Å².